The molecule has 0 bridgehead atoms. The molecule has 3 N–H and O–H groups in total. The van der Waals surface area contributed by atoms with E-state index in [2.05, 4.69) is 10.3 Å². The van der Waals surface area contributed by atoms with E-state index >= 15 is 0 Å². The number of carbonyl (C=O) groups is 2. The van der Waals surface area contributed by atoms with Crippen molar-refractivity contribution in [3.05, 3.63) is 41.2 Å². The molecule has 1 amide bonds. The van der Waals surface area contributed by atoms with E-state index < -0.39 is 18.4 Å². The molecule has 1 aromatic carbocycles. The maximum Gasteiger partial charge on any atom is 0.322 e. The van der Waals surface area contributed by atoms with Gasteiger partial charge in [0, 0.05) is 16.8 Å². The minimum absolute atomic E-state index is 0.232. The summed E-state index contributed by atoms with van der Waals surface area (Å²) in [5, 5.41) is 21.1. The third-order valence-electron chi connectivity index (χ3n) is 2.99. The molecule has 2 aromatic rings. The lowest BCUT2D eigenvalue weighted by molar-refractivity contribution is -0.135. The summed E-state index contributed by atoms with van der Waals surface area (Å²) < 4.78 is 0. The fraction of sp³-hybridized carbons (Fsp3) is 0.0714. The lowest BCUT2D eigenvalue weighted by Crippen LogP contribution is -2.29. The van der Waals surface area contributed by atoms with Crippen molar-refractivity contribution < 1.29 is 19.8 Å². The van der Waals surface area contributed by atoms with Gasteiger partial charge < -0.3 is 15.5 Å². The van der Waals surface area contributed by atoms with Gasteiger partial charge in [-0.15, -0.1) is 0 Å². The lowest BCUT2D eigenvalue weighted by Gasteiger charge is -2.09. The van der Waals surface area contributed by atoms with Gasteiger partial charge in [0.2, 0.25) is 0 Å². The van der Waals surface area contributed by atoms with Crippen LogP contribution in [0.1, 0.15) is 10.5 Å². The number of halogens is 1. The summed E-state index contributed by atoms with van der Waals surface area (Å²) in [4.78, 5) is 26.0. The quantitative estimate of drug-likeness (QED) is 0.698. The van der Waals surface area contributed by atoms with Gasteiger partial charge in [0.05, 0.1) is 0 Å². The van der Waals surface area contributed by atoms with E-state index in [1.807, 2.05) is 13.9 Å². The molecule has 112 valence electrons. The molecule has 0 aliphatic carbocycles. The summed E-state index contributed by atoms with van der Waals surface area (Å²) in [6.07, 6.45) is 1.42. The highest BCUT2D eigenvalue weighted by Crippen LogP contribution is 2.25. The van der Waals surface area contributed by atoms with E-state index in [9.17, 15) is 14.7 Å². The molecule has 0 saturated heterocycles. The summed E-state index contributed by atoms with van der Waals surface area (Å²) >= 11 is 5.96. The van der Waals surface area contributed by atoms with Crippen LogP contribution in [0.25, 0.3) is 11.1 Å². The normalized spacial score (nSPS) is 10.2. The second-order valence-corrected chi connectivity index (χ2v) is 5.06. The van der Waals surface area contributed by atoms with Gasteiger partial charge in [0.15, 0.2) is 5.69 Å². The van der Waals surface area contributed by atoms with Gasteiger partial charge in [-0.1, -0.05) is 23.1 Å². The first-order valence-corrected chi connectivity index (χ1v) is 6.72. The van der Waals surface area contributed by atoms with Crippen molar-refractivity contribution in [2.45, 2.75) is 0 Å². The molecule has 0 aliphatic heterocycles. The lowest BCUT2D eigenvalue weighted by atomic mass is 9.87. The molecule has 0 unspecified atom stereocenters. The Bertz CT molecular complexity index is 752. The average molecular weight is 319 g/mol. The SMILES string of the molecule is Bc1ccc(Cl)cc1-c1cnc(C(=O)NCC(=O)O)c(O)c1. The molecule has 0 radical (unpaired) electrons. The van der Waals surface area contributed by atoms with Gasteiger partial charge in [-0.05, 0) is 23.8 Å². The molecule has 0 aliphatic rings. The topological polar surface area (TPSA) is 99.5 Å². The Morgan fingerprint density at radius 1 is 1.32 bits per heavy atom. The number of amides is 1. The third kappa shape index (κ3) is 3.56. The first-order chi connectivity index (χ1) is 10.4. The number of aromatic hydroxyl groups is 1. The minimum atomic E-state index is -1.18. The van der Waals surface area contributed by atoms with Crippen LogP contribution in [0, 0.1) is 0 Å². The standard InChI is InChI=1S/C14H12BClN2O4/c15-10-2-1-8(16)4-9(10)7-3-11(19)13(17-5-7)14(22)18-6-12(20)21/h1-5,19H,6,15H2,(H,18,22)(H,20,21). The molecule has 1 aromatic heterocycles. The van der Waals surface area contributed by atoms with Crippen LogP contribution in [-0.2, 0) is 4.79 Å². The molecule has 0 atom stereocenters. The summed E-state index contributed by atoms with van der Waals surface area (Å²) in [6.45, 7) is -0.547. The predicted octanol–water partition coefficient (Wildman–Crippen LogP) is 0.180. The Hall–Kier alpha value is -2.54. The summed E-state index contributed by atoms with van der Waals surface area (Å²) in [5.41, 5.74) is 2.10. The molecule has 6 nitrogen and oxygen atoms in total. The van der Waals surface area contributed by atoms with Crippen molar-refractivity contribution in [3.8, 4) is 16.9 Å². The molecule has 0 fully saturated rings. The van der Waals surface area contributed by atoms with Crippen LogP contribution in [0.4, 0.5) is 0 Å². The zero-order valence-electron chi connectivity index (χ0n) is 11.6. The number of pyridine rings is 1. The van der Waals surface area contributed by atoms with Crippen molar-refractivity contribution in [1.29, 1.82) is 0 Å². The van der Waals surface area contributed by atoms with Gasteiger partial charge >= 0.3 is 5.97 Å². The van der Waals surface area contributed by atoms with Gasteiger partial charge in [0.1, 0.15) is 20.1 Å². The van der Waals surface area contributed by atoms with Crippen molar-refractivity contribution in [2.24, 2.45) is 0 Å². The fourth-order valence-corrected chi connectivity index (χ4v) is 2.09. The third-order valence-corrected chi connectivity index (χ3v) is 3.23. The Kier molecular flexibility index (Phi) is 4.67. The van der Waals surface area contributed by atoms with Crippen LogP contribution in [0.15, 0.2) is 30.5 Å². The number of aliphatic carboxylic acids is 1. The van der Waals surface area contributed by atoms with Gasteiger partial charge in [-0.3, -0.25) is 9.59 Å². The first kappa shape index (κ1) is 15.8. The second-order valence-electron chi connectivity index (χ2n) is 4.63. The van der Waals surface area contributed by atoms with Crippen LogP contribution in [0.5, 0.6) is 5.75 Å². The van der Waals surface area contributed by atoms with Crippen molar-refractivity contribution in [3.63, 3.8) is 0 Å². The predicted molar refractivity (Wildman–Crippen MR) is 84.5 cm³/mol. The number of nitrogens with zero attached hydrogens (tertiary/aromatic N) is 1. The molecule has 1 heterocycles. The van der Waals surface area contributed by atoms with E-state index in [1.54, 1.807) is 12.1 Å². The summed E-state index contributed by atoms with van der Waals surface area (Å²) in [6, 6.07) is 6.71. The van der Waals surface area contributed by atoms with E-state index in [1.165, 1.54) is 12.3 Å². The largest absolute Gasteiger partial charge is 0.505 e. The number of carbonyl (C=O) groups excluding carboxylic acids is 1. The zero-order chi connectivity index (χ0) is 16.3. The number of benzene rings is 1. The molecule has 22 heavy (non-hydrogen) atoms. The smallest absolute Gasteiger partial charge is 0.322 e. The minimum Gasteiger partial charge on any atom is -0.505 e. The number of rotatable bonds is 4. The highest BCUT2D eigenvalue weighted by Gasteiger charge is 2.15. The Labute approximate surface area is 132 Å². The summed E-state index contributed by atoms with van der Waals surface area (Å²) in [7, 11) is 1.89. The van der Waals surface area contributed by atoms with Crippen molar-refractivity contribution >= 4 is 36.8 Å². The van der Waals surface area contributed by atoms with Crippen LogP contribution >= 0.6 is 11.6 Å². The molecule has 0 saturated carbocycles. The fourth-order valence-electron chi connectivity index (χ4n) is 1.92. The van der Waals surface area contributed by atoms with Gasteiger partial charge in [-0.2, -0.15) is 0 Å². The maximum absolute atomic E-state index is 11.7. The monoisotopic (exact) mass is 318 g/mol. The Morgan fingerprint density at radius 3 is 2.68 bits per heavy atom. The highest BCUT2D eigenvalue weighted by molar-refractivity contribution is 6.37. The van der Waals surface area contributed by atoms with E-state index in [4.69, 9.17) is 16.7 Å². The van der Waals surface area contributed by atoms with Gasteiger partial charge in [-0.25, -0.2) is 4.98 Å². The molecule has 2 rings (SSSR count). The number of nitrogens with one attached hydrogen (secondary N) is 1. The Balaban J connectivity index is 2.32. The molecular weight excluding hydrogens is 306 g/mol. The van der Waals surface area contributed by atoms with Crippen molar-refractivity contribution in [1.82, 2.24) is 10.3 Å². The first-order valence-electron chi connectivity index (χ1n) is 6.34. The second kappa shape index (κ2) is 6.49. The number of carboxylic acids is 1. The van der Waals surface area contributed by atoms with Gasteiger partial charge in [0.25, 0.3) is 5.91 Å². The van der Waals surface area contributed by atoms with Crippen LogP contribution in [0.3, 0.4) is 0 Å². The average Bonchev–Trinajstić information content (AvgIpc) is 2.47. The zero-order valence-corrected chi connectivity index (χ0v) is 12.4. The summed E-state index contributed by atoms with van der Waals surface area (Å²) in [5.74, 6) is -2.27. The van der Waals surface area contributed by atoms with E-state index in [0.717, 1.165) is 11.0 Å². The maximum atomic E-state index is 11.7. The van der Waals surface area contributed by atoms with Crippen molar-refractivity contribution in [2.75, 3.05) is 6.54 Å². The number of hydrogen-bond donors (Lipinski definition) is 3. The molecule has 0 spiro atoms. The highest BCUT2D eigenvalue weighted by atomic mass is 35.5. The number of hydrogen-bond acceptors (Lipinski definition) is 4. The molecular formula is C14H12BClN2O4. The van der Waals surface area contributed by atoms with Crippen LogP contribution < -0.4 is 10.8 Å². The van der Waals surface area contributed by atoms with E-state index in [-0.39, 0.29) is 11.4 Å². The van der Waals surface area contributed by atoms with Crippen LogP contribution in [0.2, 0.25) is 5.02 Å². The molecule has 8 heteroatoms. The van der Waals surface area contributed by atoms with E-state index in [0.29, 0.717) is 10.6 Å². The van der Waals surface area contributed by atoms with Crippen LogP contribution in [-0.4, -0.2) is 41.5 Å². The number of aromatic nitrogens is 1. The Morgan fingerprint density at radius 2 is 2.05 bits per heavy atom. The number of carboxylic acid groups (broad SMARTS) is 1.